The molecule has 0 bridgehead atoms. The molecule has 0 aliphatic carbocycles. The van der Waals surface area contributed by atoms with Crippen molar-refractivity contribution in [2.75, 3.05) is 0 Å². The molecule has 10 rings (SSSR count). The Morgan fingerprint density at radius 1 is 0.431 bits per heavy atom. The van der Waals surface area contributed by atoms with Crippen molar-refractivity contribution in [2.45, 2.75) is 0 Å². The Morgan fingerprint density at radius 3 is 1.80 bits per heavy atom. The molecule has 0 radical (unpaired) electrons. The minimum Gasteiger partial charge on any atom is -0.265 e. The normalized spacial score (nSPS) is 11.5. The first-order chi connectivity index (χ1) is 25.2. The van der Waals surface area contributed by atoms with Gasteiger partial charge in [-0.05, 0) is 121 Å². The Bertz CT molecular complexity index is 2980. The maximum absolute atomic E-state index is 7.58. The third kappa shape index (κ3) is 4.85. The molecular formula is C46H26N4S. The van der Waals surface area contributed by atoms with Gasteiger partial charge in [0.25, 0.3) is 0 Å². The van der Waals surface area contributed by atoms with Crippen LogP contribution in [0.1, 0.15) is 0 Å². The first kappa shape index (κ1) is 29.2. The number of fused-ring (bicyclic) bond motifs is 8. The highest BCUT2D eigenvalue weighted by molar-refractivity contribution is 7.25. The van der Waals surface area contributed by atoms with Crippen molar-refractivity contribution >= 4 is 69.5 Å². The molecule has 236 valence electrons. The van der Waals surface area contributed by atoms with Gasteiger partial charge in [0.1, 0.15) is 0 Å². The predicted octanol–water partition coefficient (Wildman–Crippen LogP) is 12.9. The summed E-state index contributed by atoms with van der Waals surface area (Å²) in [5.41, 5.74) is 8.77. The summed E-state index contributed by atoms with van der Waals surface area (Å²) in [6.07, 6.45) is 5.45. The number of thiophene rings is 1. The van der Waals surface area contributed by atoms with Gasteiger partial charge >= 0.3 is 0 Å². The van der Waals surface area contributed by atoms with E-state index in [2.05, 4.69) is 107 Å². The van der Waals surface area contributed by atoms with E-state index in [0.717, 1.165) is 50.1 Å². The molecular weight excluding hydrogens is 641 g/mol. The van der Waals surface area contributed by atoms with Gasteiger partial charge < -0.3 is 0 Å². The lowest BCUT2D eigenvalue weighted by molar-refractivity contribution is 1.27. The van der Waals surface area contributed by atoms with Gasteiger partial charge in [0, 0.05) is 44.7 Å². The Hall–Kier alpha value is -6.74. The van der Waals surface area contributed by atoms with Gasteiger partial charge in [-0.3, -0.25) is 9.97 Å². The average molecular weight is 667 g/mol. The van der Waals surface area contributed by atoms with E-state index >= 15 is 0 Å². The van der Waals surface area contributed by atoms with Gasteiger partial charge in [0.2, 0.25) is 0 Å². The standard InChI is InChI=1S/C46H26N4S/c1-47-31-14-16-46-41(25-31)40-22-29(13-15-45(40)51-46)36-26-37-34-10-4-5-11-35(34)39(27-38(37)33-9-3-2-8-32(33)36)44-24-30(42-12-6-7-19-49-42)23-43(50-44)28-17-20-48-21-18-28/h2-27H. The SMILES string of the molecule is [C-]#[N+]c1ccc2sc3ccc(-c4cc5c6ccccc6c(-c6cc(-c7ccccn7)cc(-c7ccncc7)n6)cc5c5ccccc45)cc3c2c1. The van der Waals surface area contributed by atoms with E-state index < -0.39 is 0 Å². The number of rotatable bonds is 4. The number of hydrogen-bond acceptors (Lipinski definition) is 4. The molecule has 0 aliphatic rings. The van der Waals surface area contributed by atoms with Crippen molar-refractivity contribution in [1.29, 1.82) is 0 Å². The molecule has 0 aliphatic heterocycles. The van der Waals surface area contributed by atoms with E-state index in [9.17, 15) is 0 Å². The molecule has 0 atom stereocenters. The van der Waals surface area contributed by atoms with Gasteiger partial charge in [-0.25, -0.2) is 9.83 Å². The summed E-state index contributed by atoms with van der Waals surface area (Å²) in [5, 5.41) is 9.41. The average Bonchev–Trinajstić information content (AvgIpc) is 3.58. The molecule has 4 nitrogen and oxygen atoms in total. The molecule has 0 saturated carbocycles. The van der Waals surface area contributed by atoms with Crippen LogP contribution in [0.2, 0.25) is 0 Å². The highest BCUT2D eigenvalue weighted by Gasteiger charge is 2.18. The lowest BCUT2D eigenvalue weighted by Gasteiger charge is -2.17. The second-order valence-corrected chi connectivity index (χ2v) is 13.8. The summed E-state index contributed by atoms with van der Waals surface area (Å²) in [6.45, 7) is 7.58. The monoisotopic (exact) mass is 666 g/mol. The lowest BCUT2D eigenvalue weighted by Crippen LogP contribution is -1.94. The summed E-state index contributed by atoms with van der Waals surface area (Å²) >= 11 is 1.78. The predicted molar refractivity (Wildman–Crippen MR) is 213 cm³/mol. The van der Waals surface area contributed by atoms with Crippen molar-refractivity contribution in [3.8, 4) is 44.9 Å². The van der Waals surface area contributed by atoms with E-state index in [1.54, 1.807) is 11.3 Å². The van der Waals surface area contributed by atoms with Crippen LogP contribution in [0.4, 0.5) is 5.69 Å². The van der Waals surface area contributed by atoms with Crippen LogP contribution in [0.5, 0.6) is 0 Å². The molecule has 0 N–H and O–H groups in total. The summed E-state index contributed by atoms with van der Waals surface area (Å²) in [5.74, 6) is 0. The van der Waals surface area contributed by atoms with E-state index in [1.807, 2.05) is 61.1 Å². The maximum Gasteiger partial charge on any atom is 0.187 e. The third-order valence-electron chi connectivity index (χ3n) is 9.81. The zero-order valence-corrected chi connectivity index (χ0v) is 28.0. The van der Waals surface area contributed by atoms with Gasteiger partial charge in [-0.1, -0.05) is 72.8 Å². The molecule has 0 fully saturated rings. The number of benzene rings is 6. The summed E-state index contributed by atoms with van der Waals surface area (Å²) in [7, 11) is 0. The van der Waals surface area contributed by atoms with Gasteiger partial charge in [0.15, 0.2) is 5.69 Å². The molecule has 0 saturated heterocycles. The van der Waals surface area contributed by atoms with Crippen molar-refractivity contribution in [1.82, 2.24) is 15.0 Å². The topological polar surface area (TPSA) is 43.0 Å². The second kappa shape index (κ2) is 11.7. The van der Waals surface area contributed by atoms with Crippen LogP contribution in [0.15, 0.2) is 158 Å². The van der Waals surface area contributed by atoms with Crippen LogP contribution >= 0.6 is 11.3 Å². The fraction of sp³-hybridized carbons (Fsp3) is 0. The quantitative estimate of drug-likeness (QED) is 0.139. The molecule has 4 heterocycles. The smallest absolute Gasteiger partial charge is 0.187 e. The zero-order chi connectivity index (χ0) is 33.9. The molecule has 6 aromatic carbocycles. The van der Waals surface area contributed by atoms with Crippen molar-refractivity contribution < 1.29 is 0 Å². The van der Waals surface area contributed by atoms with Crippen molar-refractivity contribution in [3.05, 3.63) is 170 Å². The van der Waals surface area contributed by atoms with Gasteiger partial charge in [-0.15, -0.1) is 11.3 Å². The van der Waals surface area contributed by atoms with Gasteiger partial charge in [0.05, 0.1) is 23.7 Å². The van der Waals surface area contributed by atoms with Crippen LogP contribution in [-0.2, 0) is 0 Å². The molecule has 5 heteroatoms. The summed E-state index contributed by atoms with van der Waals surface area (Å²) < 4.78 is 2.42. The summed E-state index contributed by atoms with van der Waals surface area (Å²) in [4.78, 5) is 17.9. The molecule has 0 spiro atoms. The Balaban J connectivity index is 1.25. The Morgan fingerprint density at radius 2 is 1.08 bits per heavy atom. The van der Waals surface area contributed by atoms with E-state index in [4.69, 9.17) is 16.5 Å². The molecule has 51 heavy (non-hydrogen) atoms. The highest BCUT2D eigenvalue weighted by atomic mass is 32.1. The maximum atomic E-state index is 7.58. The highest BCUT2D eigenvalue weighted by Crippen LogP contribution is 2.44. The van der Waals surface area contributed by atoms with Crippen molar-refractivity contribution in [3.63, 3.8) is 0 Å². The molecule has 10 aromatic rings. The summed E-state index contributed by atoms with van der Waals surface area (Å²) in [6, 6.07) is 49.1. The fourth-order valence-corrected chi connectivity index (χ4v) is 8.49. The largest absolute Gasteiger partial charge is 0.265 e. The first-order valence-corrected chi connectivity index (χ1v) is 17.6. The number of aromatic nitrogens is 3. The number of hydrogen-bond donors (Lipinski definition) is 0. The van der Waals surface area contributed by atoms with Crippen LogP contribution < -0.4 is 0 Å². The third-order valence-corrected chi connectivity index (χ3v) is 11.0. The molecule has 0 unspecified atom stereocenters. The van der Waals surface area contributed by atoms with Gasteiger partial charge in [-0.2, -0.15) is 0 Å². The second-order valence-electron chi connectivity index (χ2n) is 12.7. The zero-order valence-electron chi connectivity index (χ0n) is 27.2. The lowest BCUT2D eigenvalue weighted by atomic mass is 9.88. The van der Waals surface area contributed by atoms with E-state index in [-0.39, 0.29) is 0 Å². The van der Waals surface area contributed by atoms with E-state index in [1.165, 1.54) is 47.3 Å². The minimum absolute atomic E-state index is 0.666. The molecule has 0 amide bonds. The van der Waals surface area contributed by atoms with E-state index in [0.29, 0.717) is 5.69 Å². The minimum atomic E-state index is 0.666. The number of nitrogens with zero attached hydrogens (tertiary/aromatic N) is 4. The Kier molecular flexibility index (Phi) is 6.70. The van der Waals surface area contributed by atoms with Crippen LogP contribution in [0.3, 0.4) is 0 Å². The van der Waals surface area contributed by atoms with Crippen LogP contribution in [0, 0.1) is 6.57 Å². The van der Waals surface area contributed by atoms with Crippen LogP contribution in [0.25, 0.3) is 102 Å². The fourth-order valence-electron chi connectivity index (χ4n) is 7.42. The van der Waals surface area contributed by atoms with Crippen LogP contribution in [-0.4, -0.2) is 15.0 Å². The molecule has 4 aromatic heterocycles. The number of pyridine rings is 3. The Labute approximate surface area is 297 Å². The first-order valence-electron chi connectivity index (χ1n) is 16.8. The van der Waals surface area contributed by atoms with Crippen molar-refractivity contribution in [2.24, 2.45) is 0 Å².